The van der Waals surface area contributed by atoms with Crippen molar-refractivity contribution in [2.24, 2.45) is 0 Å². The third-order valence-corrected chi connectivity index (χ3v) is 4.72. The first-order valence-corrected chi connectivity index (χ1v) is 8.01. The molecule has 0 amide bonds. The molecule has 0 unspecified atom stereocenters. The van der Waals surface area contributed by atoms with Gasteiger partial charge in [0.1, 0.15) is 23.5 Å². The molecule has 2 fully saturated rings. The zero-order chi connectivity index (χ0) is 14.1. The molecule has 0 N–H and O–H groups in total. The normalized spacial score (nSPS) is 28.4. The van der Waals surface area contributed by atoms with Crippen molar-refractivity contribution in [3.63, 3.8) is 0 Å². The molecule has 0 bridgehead atoms. The van der Waals surface area contributed by atoms with Crippen molar-refractivity contribution < 1.29 is 9.47 Å². The van der Waals surface area contributed by atoms with Crippen LogP contribution in [0, 0.1) is 0 Å². The Morgan fingerprint density at radius 3 is 3.24 bits per heavy atom. The van der Waals surface area contributed by atoms with Gasteiger partial charge in [0.25, 0.3) is 0 Å². The topological polar surface area (TPSA) is 60.4 Å². The van der Waals surface area contributed by atoms with E-state index >= 15 is 0 Å². The molecule has 0 aromatic carbocycles. The molecule has 2 aliphatic heterocycles. The Bertz CT molecular complexity index is 580. The Kier molecular flexibility index (Phi) is 3.44. The Balaban J connectivity index is 1.57. The van der Waals surface area contributed by atoms with Gasteiger partial charge in [0.05, 0.1) is 18.8 Å². The van der Waals surface area contributed by atoms with Crippen LogP contribution in [-0.2, 0) is 4.74 Å². The quantitative estimate of drug-likeness (QED) is 0.861. The summed E-state index contributed by atoms with van der Waals surface area (Å²) in [7, 11) is 0. The minimum Gasteiger partial charge on any atom is -0.484 e. The second-order valence-electron chi connectivity index (χ2n) is 5.26. The van der Waals surface area contributed by atoms with Crippen LogP contribution in [-0.4, -0.2) is 46.6 Å². The second-order valence-corrected chi connectivity index (χ2v) is 6.08. The average Bonchev–Trinajstić information content (AvgIpc) is 3.17. The van der Waals surface area contributed by atoms with Gasteiger partial charge >= 0.3 is 0 Å². The molecular weight excluding hydrogens is 288 g/mol. The number of rotatable bonds is 3. The lowest BCUT2D eigenvalue weighted by atomic mass is 10.0. The van der Waals surface area contributed by atoms with Crippen molar-refractivity contribution in [2.45, 2.75) is 31.1 Å². The Labute approximate surface area is 126 Å². The number of hydrogen-bond acceptors (Lipinski definition) is 7. The molecule has 4 rings (SSSR count). The van der Waals surface area contributed by atoms with Gasteiger partial charge in [-0.25, -0.2) is 0 Å². The lowest BCUT2D eigenvalue weighted by Crippen LogP contribution is -2.42. The molecule has 4 heterocycles. The van der Waals surface area contributed by atoms with E-state index in [1.165, 1.54) is 0 Å². The summed E-state index contributed by atoms with van der Waals surface area (Å²) >= 11 is 1.56. The van der Waals surface area contributed by atoms with Gasteiger partial charge in [0.2, 0.25) is 5.13 Å². The third kappa shape index (κ3) is 2.47. The molecule has 6 nitrogen and oxygen atoms in total. The van der Waals surface area contributed by atoms with Crippen LogP contribution >= 0.6 is 11.3 Å². The van der Waals surface area contributed by atoms with Gasteiger partial charge < -0.3 is 14.4 Å². The lowest BCUT2D eigenvalue weighted by molar-refractivity contribution is -0.0362. The fraction of sp³-hybridized carbons (Fsp3) is 0.500. The van der Waals surface area contributed by atoms with Crippen LogP contribution in [0.4, 0.5) is 5.13 Å². The zero-order valence-corrected chi connectivity index (χ0v) is 12.3. The van der Waals surface area contributed by atoms with Crippen LogP contribution < -0.4 is 9.64 Å². The predicted octanol–water partition coefficient (Wildman–Crippen LogP) is 1.75. The van der Waals surface area contributed by atoms with Crippen LogP contribution in [0.3, 0.4) is 0 Å². The molecule has 3 atom stereocenters. The van der Waals surface area contributed by atoms with Crippen molar-refractivity contribution in [2.75, 3.05) is 18.1 Å². The van der Waals surface area contributed by atoms with E-state index in [9.17, 15) is 0 Å². The molecular formula is C14H16N4O2S. The summed E-state index contributed by atoms with van der Waals surface area (Å²) in [5.74, 6) is 0.787. The summed E-state index contributed by atoms with van der Waals surface area (Å²) in [5.41, 5.74) is 1.77. The highest BCUT2D eigenvalue weighted by Gasteiger charge is 2.46. The number of pyridine rings is 1. The summed E-state index contributed by atoms with van der Waals surface area (Å²) < 4.78 is 12.1. The molecule has 7 heteroatoms. The van der Waals surface area contributed by atoms with Crippen molar-refractivity contribution >= 4 is 16.5 Å². The van der Waals surface area contributed by atoms with Crippen LogP contribution in [0.15, 0.2) is 30.0 Å². The molecule has 2 saturated heterocycles. The van der Waals surface area contributed by atoms with Crippen molar-refractivity contribution in [3.05, 3.63) is 30.0 Å². The average molecular weight is 304 g/mol. The maximum Gasteiger partial charge on any atom is 0.208 e. The predicted molar refractivity (Wildman–Crippen MR) is 78.7 cm³/mol. The summed E-state index contributed by atoms with van der Waals surface area (Å²) in [6.07, 6.45) is 5.76. The second kappa shape index (κ2) is 5.57. The van der Waals surface area contributed by atoms with Gasteiger partial charge in [-0.15, -0.1) is 10.2 Å². The third-order valence-electron chi connectivity index (χ3n) is 3.99. The van der Waals surface area contributed by atoms with Gasteiger partial charge in [-0.3, -0.25) is 4.98 Å². The molecule has 0 spiro atoms. The van der Waals surface area contributed by atoms with E-state index in [0.717, 1.165) is 36.9 Å². The monoisotopic (exact) mass is 304 g/mol. The summed E-state index contributed by atoms with van der Waals surface area (Å²) in [4.78, 5) is 6.38. The van der Waals surface area contributed by atoms with Crippen molar-refractivity contribution in [3.8, 4) is 5.75 Å². The van der Waals surface area contributed by atoms with E-state index in [0.29, 0.717) is 6.04 Å². The highest BCUT2D eigenvalue weighted by Crippen LogP contribution is 2.35. The summed E-state index contributed by atoms with van der Waals surface area (Å²) in [6.45, 7) is 1.58. The van der Waals surface area contributed by atoms with Crippen LogP contribution in [0.5, 0.6) is 5.75 Å². The van der Waals surface area contributed by atoms with Gasteiger partial charge in [0, 0.05) is 12.8 Å². The summed E-state index contributed by atoms with van der Waals surface area (Å²) in [6, 6.07) is 4.14. The minimum absolute atomic E-state index is 0.00315. The smallest absolute Gasteiger partial charge is 0.208 e. The molecule has 0 saturated carbocycles. The first-order chi connectivity index (χ1) is 10.4. The van der Waals surface area contributed by atoms with Crippen LogP contribution in [0.25, 0.3) is 0 Å². The van der Waals surface area contributed by atoms with Gasteiger partial charge in [-0.1, -0.05) is 11.3 Å². The van der Waals surface area contributed by atoms with E-state index in [-0.39, 0.29) is 12.2 Å². The van der Waals surface area contributed by atoms with Crippen molar-refractivity contribution in [1.29, 1.82) is 0 Å². The van der Waals surface area contributed by atoms with Crippen molar-refractivity contribution in [1.82, 2.24) is 15.2 Å². The molecule has 21 heavy (non-hydrogen) atoms. The highest BCUT2D eigenvalue weighted by molar-refractivity contribution is 7.13. The standard InChI is InChI=1S/C14H16N4O2S/c1-3-10(7-15-5-1)20-12-8-18(14-17-16-9-21-14)11-4-2-6-19-13(11)12/h1,3,5,7,9,11-13H,2,4,6,8H2/t11-,12-,13+/m1/s1. The van der Waals surface area contributed by atoms with Gasteiger partial charge in [0.15, 0.2) is 0 Å². The van der Waals surface area contributed by atoms with E-state index in [2.05, 4.69) is 20.1 Å². The highest BCUT2D eigenvalue weighted by atomic mass is 32.1. The molecule has 2 aromatic rings. The fourth-order valence-electron chi connectivity index (χ4n) is 3.12. The Morgan fingerprint density at radius 2 is 2.43 bits per heavy atom. The maximum absolute atomic E-state index is 6.10. The van der Waals surface area contributed by atoms with Gasteiger partial charge in [-0.2, -0.15) is 0 Å². The number of nitrogens with zero attached hydrogens (tertiary/aromatic N) is 4. The van der Waals surface area contributed by atoms with E-state index in [1.54, 1.807) is 29.2 Å². The van der Waals surface area contributed by atoms with Crippen LogP contribution in [0.1, 0.15) is 12.8 Å². The van der Waals surface area contributed by atoms with E-state index in [4.69, 9.17) is 9.47 Å². The Hall–Kier alpha value is -1.73. The first kappa shape index (κ1) is 13.0. The number of fused-ring (bicyclic) bond motifs is 1. The number of ether oxygens (including phenoxy) is 2. The SMILES string of the molecule is c1cncc(O[C@@H]2CN(c3nncs3)[C@@H]3CCCO[C@@H]32)c1. The summed E-state index contributed by atoms with van der Waals surface area (Å²) in [5, 5.41) is 9.10. The largest absolute Gasteiger partial charge is 0.484 e. The molecule has 110 valence electrons. The number of hydrogen-bond donors (Lipinski definition) is 0. The lowest BCUT2D eigenvalue weighted by Gasteiger charge is -2.31. The molecule has 0 aliphatic carbocycles. The first-order valence-electron chi connectivity index (χ1n) is 7.13. The fourth-order valence-corrected chi connectivity index (χ4v) is 3.75. The van der Waals surface area contributed by atoms with Crippen LogP contribution in [0.2, 0.25) is 0 Å². The number of anilines is 1. The maximum atomic E-state index is 6.10. The molecule has 2 aliphatic rings. The van der Waals surface area contributed by atoms with E-state index < -0.39 is 0 Å². The zero-order valence-electron chi connectivity index (χ0n) is 11.5. The van der Waals surface area contributed by atoms with Gasteiger partial charge in [-0.05, 0) is 25.0 Å². The Morgan fingerprint density at radius 1 is 1.43 bits per heavy atom. The molecule has 2 aromatic heterocycles. The number of aromatic nitrogens is 3. The molecule has 0 radical (unpaired) electrons. The minimum atomic E-state index is 0.00315. The van der Waals surface area contributed by atoms with E-state index in [1.807, 2.05) is 12.1 Å².